The van der Waals surface area contributed by atoms with E-state index in [2.05, 4.69) is 0 Å². The molecule has 152 valence electrons. The van der Waals surface area contributed by atoms with E-state index >= 15 is 0 Å². The minimum atomic E-state index is -5.82. The van der Waals surface area contributed by atoms with Crippen LogP contribution in [0.15, 0.2) is 0 Å². The van der Waals surface area contributed by atoms with Crippen LogP contribution in [0.2, 0.25) is 0 Å². The van der Waals surface area contributed by atoms with Gasteiger partial charge in [-0.15, -0.1) is 0 Å². The molecule has 0 radical (unpaired) electrons. The lowest BCUT2D eigenvalue weighted by molar-refractivity contribution is -0.373. The fourth-order valence-corrected chi connectivity index (χ4v) is 4.01. The highest BCUT2D eigenvalue weighted by atomic mass is 19.4. The molecule has 2 fully saturated rings. The lowest BCUT2D eigenvalue weighted by Gasteiger charge is -2.38. The molecule has 0 saturated heterocycles. The molecule has 0 aromatic heterocycles. The van der Waals surface area contributed by atoms with Crippen LogP contribution in [-0.2, 0) is 9.53 Å². The number of aliphatic hydroxyl groups is 1. The smallest absolute Gasteiger partial charge is 0.426 e. The number of hydrogen-bond acceptors (Lipinski definition) is 3. The molecular weight excluding hydrogens is 366 g/mol. The maximum absolute atomic E-state index is 12.9. The van der Waals surface area contributed by atoms with Crippen LogP contribution in [0.4, 0.5) is 26.3 Å². The second-order valence-corrected chi connectivity index (χ2v) is 8.24. The summed E-state index contributed by atoms with van der Waals surface area (Å²) >= 11 is 0. The van der Waals surface area contributed by atoms with Gasteiger partial charge in [0, 0.05) is 0 Å². The van der Waals surface area contributed by atoms with Gasteiger partial charge < -0.3 is 9.84 Å². The van der Waals surface area contributed by atoms with E-state index in [9.17, 15) is 36.2 Å². The highest BCUT2D eigenvalue weighted by Crippen LogP contribution is 2.56. The third-order valence-corrected chi connectivity index (χ3v) is 6.08. The summed E-state index contributed by atoms with van der Waals surface area (Å²) in [7, 11) is 0. The van der Waals surface area contributed by atoms with E-state index in [1.165, 1.54) is 0 Å². The van der Waals surface area contributed by atoms with Gasteiger partial charge in [-0.1, -0.05) is 6.92 Å². The zero-order valence-corrected chi connectivity index (χ0v) is 14.9. The molecule has 2 rings (SSSR count). The van der Waals surface area contributed by atoms with Crippen LogP contribution in [0.5, 0.6) is 0 Å². The van der Waals surface area contributed by atoms with Gasteiger partial charge in [-0.2, -0.15) is 26.3 Å². The van der Waals surface area contributed by atoms with E-state index < -0.39 is 53.7 Å². The number of esters is 1. The Morgan fingerprint density at radius 3 is 2.00 bits per heavy atom. The van der Waals surface area contributed by atoms with Crippen LogP contribution in [0.1, 0.15) is 52.9 Å². The second kappa shape index (κ2) is 6.56. The van der Waals surface area contributed by atoms with Crippen molar-refractivity contribution >= 4 is 5.97 Å². The summed E-state index contributed by atoms with van der Waals surface area (Å²) in [5.74, 6) is -2.17. The zero-order chi connectivity index (χ0) is 20.1. The third kappa shape index (κ3) is 3.68. The van der Waals surface area contributed by atoms with E-state index in [1.54, 1.807) is 20.8 Å². The molecule has 2 saturated carbocycles. The summed E-state index contributed by atoms with van der Waals surface area (Å²) < 4.78 is 83.1. The number of carbonyl (C=O) groups is 1. The first-order chi connectivity index (χ1) is 11.6. The van der Waals surface area contributed by atoms with Gasteiger partial charge in [0.1, 0.15) is 6.10 Å². The topological polar surface area (TPSA) is 46.5 Å². The first-order valence-corrected chi connectivity index (χ1v) is 8.69. The summed E-state index contributed by atoms with van der Waals surface area (Å²) in [4.78, 5) is 12.2. The monoisotopic (exact) mass is 390 g/mol. The van der Waals surface area contributed by atoms with E-state index in [0.717, 1.165) is 0 Å². The van der Waals surface area contributed by atoms with E-state index in [1.807, 2.05) is 0 Å². The van der Waals surface area contributed by atoms with Crippen molar-refractivity contribution < 1.29 is 41.0 Å². The van der Waals surface area contributed by atoms with Crippen molar-refractivity contribution in [2.45, 2.75) is 76.9 Å². The average molecular weight is 390 g/mol. The van der Waals surface area contributed by atoms with Crippen molar-refractivity contribution in [2.75, 3.05) is 0 Å². The first-order valence-electron chi connectivity index (χ1n) is 8.69. The number of halogens is 6. The molecule has 0 heterocycles. The average Bonchev–Trinajstić information content (AvgIpc) is 3.04. The summed E-state index contributed by atoms with van der Waals surface area (Å²) in [6, 6.07) is 0. The van der Waals surface area contributed by atoms with Crippen LogP contribution >= 0.6 is 0 Å². The van der Waals surface area contributed by atoms with Gasteiger partial charge in [-0.3, -0.25) is 4.79 Å². The Labute approximate surface area is 148 Å². The molecule has 0 aliphatic heterocycles. The van der Waals surface area contributed by atoms with Crippen molar-refractivity contribution in [3.8, 4) is 0 Å². The van der Waals surface area contributed by atoms with Crippen LogP contribution < -0.4 is 0 Å². The number of ether oxygens (including phenoxy) is 1. The fraction of sp³-hybridized carbons (Fsp3) is 0.941. The third-order valence-electron chi connectivity index (χ3n) is 6.08. The van der Waals surface area contributed by atoms with E-state index in [-0.39, 0.29) is 12.3 Å². The lowest BCUT2D eigenvalue weighted by atomic mass is 9.78. The predicted octanol–water partition coefficient (Wildman–Crippen LogP) is 4.63. The van der Waals surface area contributed by atoms with Gasteiger partial charge in [0.2, 0.25) is 0 Å². The number of carbonyl (C=O) groups excluding carboxylic acids is 1. The molecule has 2 bridgehead atoms. The van der Waals surface area contributed by atoms with Crippen molar-refractivity contribution in [1.29, 1.82) is 0 Å². The molecule has 0 spiro atoms. The molecule has 0 aromatic rings. The maximum atomic E-state index is 12.9. The molecule has 26 heavy (non-hydrogen) atoms. The Morgan fingerprint density at radius 1 is 1.04 bits per heavy atom. The summed E-state index contributed by atoms with van der Waals surface area (Å²) in [6.45, 7) is 5.13. The minimum absolute atomic E-state index is 0.0849. The fourth-order valence-electron chi connectivity index (χ4n) is 4.01. The van der Waals surface area contributed by atoms with Gasteiger partial charge in [0.15, 0.2) is 0 Å². The molecule has 0 amide bonds. The van der Waals surface area contributed by atoms with Gasteiger partial charge in [-0.25, -0.2) is 0 Å². The number of alkyl halides is 6. The van der Waals surface area contributed by atoms with Crippen molar-refractivity contribution in [3.63, 3.8) is 0 Å². The number of fused-ring (bicyclic) bond motifs is 2. The molecule has 0 aromatic carbocycles. The predicted molar refractivity (Wildman–Crippen MR) is 79.9 cm³/mol. The van der Waals surface area contributed by atoms with Crippen LogP contribution in [0, 0.1) is 23.2 Å². The molecule has 2 aliphatic rings. The van der Waals surface area contributed by atoms with Gasteiger partial charge >= 0.3 is 18.3 Å². The molecule has 4 atom stereocenters. The first kappa shape index (κ1) is 21.3. The summed E-state index contributed by atoms with van der Waals surface area (Å²) in [6.07, 6.45) is -12.2. The molecule has 9 heteroatoms. The quantitative estimate of drug-likeness (QED) is 0.550. The SMILES string of the molecule is CCC(C)(C)C(=O)OC1CC2CC(CC(O)(C(F)(F)F)C(F)(F)F)C1C2. The second-order valence-electron chi connectivity index (χ2n) is 8.24. The lowest BCUT2D eigenvalue weighted by Crippen LogP contribution is -2.58. The minimum Gasteiger partial charge on any atom is -0.462 e. The van der Waals surface area contributed by atoms with E-state index in [0.29, 0.717) is 19.3 Å². The van der Waals surface area contributed by atoms with Crippen LogP contribution in [0.25, 0.3) is 0 Å². The number of hydrogen-bond donors (Lipinski definition) is 1. The Hall–Kier alpha value is -0.990. The summed E-state index contributed by atoms with van der Waals surface area (Å²) in [5.41, 5.74) is -5.51. The molecule has 4 unspecified atom stereocenters. The molecular formula is C17H24F6O3. The highest BCUT2D eigenvalue weighted by molar-refractivity contribution is 5.76. The van der Waals surface area contributed by atoms with Gasteiger partial charge in [0.05, 0.1) is 5.41 Å². The summed E-state index contributed by atoms with van der Waals surface area (Å²) in [5, 5.41) is 9.45. The standard InChI is InChI=1S/C17H24F6O3/c1-4-14(2,3)13(24)26-12-7-9-5-10(11(12)6-9)8-15(25,16(18,19)20)17(21,22)23/h9-12,25H,4-8H2,1-3H3. The largest absolute Gasteiger partial charge is 0.462 e. The van der Waals surface area contributed by atoms with Crippen LogP contribution in [-0.4, -0.2) is 35.1 Å². The van der Waals surface area contributed by atoms with E-state index in [4.69, 9.17) is 4.74 Å². The van der Waals surface area contributed by atoms with Crippen molar-refractivity contribution in [1.82, 2.24) is 0 Å². The molecule has 1 N–H and O–H groups in total. The van der Waals surface area contributed by atoms with Crippen LogP contribution in [0.3, 0.4) is 0 Å². The maximum Gasteiger partial charge on any atom is 0.426 e. The number of rotatable bonds is 5. The van der Waals surface area contributed by atoms with Crippen molar-refractivity contribution in [3.05, 3.63) is 0 Å². The van der Waals surface area contributed by atoms with Gasteiger partial charge in [-0.05, 0) is 63.7 Å². The Morgan fingerprint density at radius 2 is 1.58 bits per heavy atom. The normalized spacial score (nSPS) is 29.9. The Kier molecular flexibility index (Phi) is 5.38. The Balaban J connectivity index is 2.14. The molecule has 3 nitrogen and oxygen atoms in total. The zero-order valence-electron chi connectivity index (χ0n) is 14.9. The van der Waals surface area contributed by atoms with Crippen molar-refractivity contribution in [2.24, 2.45) is 23.2 Å². The highest BCUT2D eigenvalue weighted by Gasteiger charge is 2.71. The molecule has 2 aliphatic carbocycles. The van der Waals surface area contributed by atoms with Gasteiger partial charge in [0.25, 0.3) is 5.60 Å². The Bertz CT molecular complexity index is 526.